The summed E-state index contributed by atoms with van der Waals surface area (Å²) >= 11 is 0. The normalized spacial score (nSPS) is 26.8. The number of rotatable bonds is 4. The number of hydrogen-bond acceptors (Lipinski definition) is 5. The first-order chi connectivity index (χ1) is 11.6. The van der Waals surface area contributed by atoms with Crippen molar-refractivity contribution >= 4 is 11.7 Å². The van der Waals surface area contributed by atoms with Gasteiger partial charge in [-0.3, -0.25) is 14.7 Å². The lowest BCUT2D eigenvalue weighted by atomic mass is 9.86. The molecule has 1 aliphatic carbocycles. The maximum atomic E-state index is 12.6. The van der Waals surface area contributed by atoms with E-state index in [0.29, 0.717) is 12.0 Å². The van der Waals surface area contributed by atoms with Crippen LogP contribution in [0, 0.1) is 5.92 Å². The topological polar surface area (TPSA) is 61.4 Å². The summed E-state index contributed by atoms with van der Waals surface area (Å²) < 4.78 is 0. The van der Waals surface area contributed by atoms with E-state index < -0.39 is 0 Å². The zero-order chi connectivity index (χ0) is 16.9. The summed E-state index contributed by atoms with van der Waals surface area (Å²) in [6.07, 6.45) is 10.1. The molecule has 1 aromatic heterocycles. The van der Waals surface area contributed by atoms with Crippen LogP contribution in [0.1, 0.15) is 39.5 Å². The van der Waals surface area contributed by atoms with Crippen molar-refractivity contribution in [3.05, 3.63) is 18.6 Å². The van der Waals surface area contributed by atoms with Gasteiger partial charge in [-0.1, -0.05) is 19.8 Å². The molecule has 24 heavy (non-hydrogen) atoms. The van der Waals surface area contributed by atoms with Gasteiger partial charge in [0.2, 0.25) is 5.91 Å². The molecular weight excluding hydrogens is 302 g/mol. The predicted molar refractivity (Wildman–Crippen MR) is 94.8 cm³/mol. The Kier molecular flexibility index (Phi) is 5.66. The van der Waals surface area contributed by atoms with Gasteiger partial charge >= 0.3 is 0 Å². The van der Waals surface area contributed by atoms with Crippen LogP contribution in [0.15, 0.2) is 18.6 Å². The zero-order valence-electron chi connectivity index (χ0n) is 14.8. The van der Waals surface area contributed by atoms with Gasteiger partial charge in [0.1, 0.15) is 5.82 Å². The lowest BCUT2D eigenvalue weighted by Gasteiger charge is -2.38. The molecule has 2 fully saturated rings. The van der Waals surface area contributed by atoms with Gasteiger partial charge < -0.3 is 10.2 Å². The average molecular weight is 331 g/mol. The number of carbonyl (C=O) groups is 1. The van der Waals surface area contributed by atoms with E-state index in [-0.39, 0.29) is 11.9 Å². The molecule has 1 saturated carbocycles. The molecule has 6 heteroatoms. The Morgan fingerprint density at radius 2 is 1.96 bits per heavy atom. The van der Waals surface area contributed by atoms with Crippen molar-refractivity contribution in [2.75, 3.05) is 31.1 Å². The van der Waals surface area contributed by atoms with Crippen molar-refractivity contribution in [2.45, 2.75) is 51.6 Å². The molecule has 132 valence electrons. The minimum atomic E-state index is -0.0665. The standard InChI is InChI=1S/C18H29N5O/c1-14-5-3-4-6-16(14)21-18(24)15(2)22-9-11-23(12-10-22)17-13-19-7-8-20-17/h7-8,13-16H,3-6,9-12H2,1-2H3,(H,21,24). The molecule has 1 N–H and O–H groups in total. The van der Waals surface area contributed by atoms with E-state index in [1.807, 2.05) is 6.92 Å². The van der Waals surface area contributed by atoms with Crippen LogP contribution in [0.25, 0.3) is 0 Å². The maximum absolute atomic E-state index is 12.6. The SMILES string of the molecule is CC1CCCCC1NC(=O)C(C)N1CCN(c2cnccn2)CC1. The zero-order valence-corrected chi connectivity index (χ0v) is 14.8. The van der Waals surface area contributed by atoms with Crippen LogP contribution >= 0.6 is 0 Å². The fourth-order valence-corrected chi connectivity index (χ4v) is 3.79. The molecule has 3 rings (SSSR count). The highest BCUT2D eigenvalue weighted by atomic mass is 16.2. The number of nitrogens with one attached hydrogen (secondary N) is 1. The smallest absolute Gasteiger partial charge is 0.237 e. The maximum Gasteiger partial charge on any atom is 0.237 e. The number of aromatic nitrogens is 2. The lowest BCUT2D eigenvalue weighted by molar-refractivity contribution is -0.127. The van der Waals surface area contributed by atoms with Gasteiger partial charge in [0, 0.05) is 44.6 Å². The van der Waals surface area contributed by atoms with E-state index in [0.717, 1.165) is 38.4 Å². The van der Waals surface area contributed by atoms with Crippen molar-refractivity contribution in [3.8, 4) is 0 Å². The molecule has 0 aromatic carbocycles. The number of carbonyl (C=O) groups excluding carboxylic acids is 1. The summed E-state index contributed by atoms with van der Waals surface area (Å²) in [4.78, 5) is 25.6. The van der Waals surface area contributed by atoms with Crippen molar-refractivity contribution < 1.29 is 4.79 Å². The van der Waals surface area contributed by atoms with Crippen LogP contribution in [0.2, 0.25) is 0 Å². The minimum Gasteiger partial charge on any atom is -0.353 e. The summed E-state index contributed by atoms with van der Waals surface area (Å²) in [5.74, 6) is 1.70. The van der Waals surface area contributed by atoms with Crippen LogP contribution in [-0.2, 0) is 4.79 Å². The highest BCUT2D eigenvalue weighted by Gasteiger charge is 2.29. The predicted octanol–water partition coefficient (Wildman–Crippen LogP) is 1.68. The Bertz CT molecular complexity index is 529. The summed E-state index contributed by atoms with van der Waals surface area (Å²) in [6.45, 7) is 7.82. The summed E-state index contributed by atoms with van der Waals surface area (Å²) in [7, 11) is 0. The number of anilines is 1. The van der Waals surface area contributed by atoms with Crippen LogP contribution in [-0.4, -0.2) is 59.0 Å². The highest BCUT2D eigenvalue weighted by molar-refractivity contribution is 5.81. The summed E-state index contributed by atoms with van der Waals surface area (Å²) in [5.41, 5.74) is 0. The van der Waals surface area contributed by atoms with Crippen molar-refractivity contribution in [3.63, 3.8) is 0 Å². The second-order valence-electron chi connectivity index (χ2n) is 7.14. The number of amides is 1. The Hall–Kier alpha value is -1.69. The van der Waals surface area contributed by atoms with Gasteiger partial charge in [0.15, 0.2) is 0 Å². The van der Waals surface area contributed by atoms with Gasteiger partial charge in [0.05, 0.1) is 12.2 Å². The largest absolute Gasteiger partial charge is 0.353 e. The fraction of sp³-hybridized carbons (Fsp3) is 0.722. The van der Waals surface area contributed by atoms with Gasteiger partial charge in [-0.05, 0) is 25.7 Å². The third-order valence-corrected chi connectivity index (χ3v) is 5.55. The first-order valence-corrected chi connectivity index (χ1v) is 9.20. The summed E-state index contributed by atoms with van der Waals surface area (Å²) in [5, 5.41) is 3.29. The molecule has 3 atom stereocenters. The Morgan fingerprint density at radius 3 is 2.62 bits per heavy atom. The average Bonchev–Trinajstić information content (AvgIpc) is 2.64. The molecular formula is C18H29N5O. The summed E-state index contributed by atoms with van der Waals surface area (Å²) in [6, 6.07) is 0.290. The lowest BCUT2D eigenvalue weighted by Crippen LogP contribution is -2.56. The molecule has 1 saturated heterocycles. The van der Waals surface area contributed by atoms with Gasteiger partial charge in [0.25, 0.3) is 0 Å². The molecule has 1 aromatic rings. The fourth-order valence-electron chi connectivity index (χ4n) is 3.79. The molecule has 1 aliphatic heterocycles. The second kappa shape index (κ2) is 7.92. The molecule has 0 radical (unpaired) electrons. The van der Waals surface area contributed by atoms with Crippen LogP contribution in [0.4, 0.5) is 5.82 Å². The Morgan fingerprint density at radius 1 is 1.21 bits per heavy atom. The molecule has 6 nitrogen and oxygen atoms in total. The molecule has 2 heterocycles. The minimum absolute atomic E-state index is 0.0665. The van der Waals surface area contributed by atoms with E-state index in [1.165, 1.54) is 19.3 Å². The monoisotopic (exact) mass is 331 g/mol. The van der Waals surface area contributed by atoms with Crippen molar-refractivity contribution in [1.29, 1.82) is 0 Å². The van der Waals surface area contributed by atoms with E-state index in [4.69, 9.17) is 0 Å². The quantitative estimate of drug-likeness (QED) is 0.909. The van der Waals surface area contributed by atoms with E-state index in [2.05, 4.69) is 32.0 Å². The molecule has 3 unspecified atom stereocenters. The van der Waals surface area contributed by atoms with E-state index in [1.54, 1.807) is 18.6 Å². The number of nitrogens with zero attached hydrogens (tertiary/aromatic N) is 4. The van der Waals surface area contributed by atoms with E-state index in [9.17, 15) is 4.79 Å². The Balaban J connectivity index is 1.49. The van der Waals surface area contributed by atoms with Crippen LogP contribution in [0.3, 0.4) is 0 Å². The molecule has 2 aliphatic rings. The molecule has 1 amide bonds. The molecule has 0 bridgehead atoms. The van der Waals surface area contributed by atoms with Gasteiger partial charge in [-0.2, -0.15) is 0 Å². The Labute approximate surface area is 144 Å². The van der Waals surface area contributed by atoms with Crippen LogP contribution in [0.5, 0.6) is 0 Å². The number of piperazine rings is 1. The van der Waals surface area contributed by atoms with Gasteiger partial charge in [-0.15, -0.1) is 0 Å². The number of hydrogen-bond donors (Lipinski definition) is 1. The van der Waals surface area contributed by atoms with Crippen molar-refractivity contribution in [2.24, 2.45) is 5.92 Å². The van der Waals surface area contributed by atoms with E-state index >= 15 is 0 Å². The van der Waals surface area contributed by atoms with Crippen molar-refractivity contribution in [1.82, 2.24) is 20.2 Å². The van der Waals surface area contributed by atoms with Gasteiger partial charge in [-0.25, -0.2) is 4.98 Å². The third-order valence-electron chi connectivity index (χ3n) is 5.55. The first-order valence-electron chi connectivity index (χ1n) is 9.20. The third kappa shape index (κ3) is 4.04. The first kappa shape index (κ1) is 17.1. The molecule has 0 spiro atoms. The van der Waals surface area contributed by atoms with Crippen LogP contribution < -0.4 is 10.2 Å². The highest BCUT2D eigenvalue weighted by Crippen LogP contribution is 2.24. The second-order valence-corrected chi connectivity index (χ2v) is 7.14.